The van der Waals surface area contributed by atoms with E-state index in [1.165, 1.54) is 0 Å². The Morgan fingerprint density at radius 3 is 1.27 bits per heavy atom. The lowest BCUT2D eigenvalue weighted by Crippen LogP contribution is -2.14. The minimum absolute atomic E-state index is 0.809. The van der Waals surface area contributed by atoms with E-state index in [0.29, 0.717) is 0 Å². The van der Waals surface area contributed by atoms with Crippen LogP contribution < -0.4 is 20.4 Å². The third-order valence-electron chi connectivity index (χ3n) is 7.70. The number of hydrogen-bond donors (Lipinski definition) is 2. The summed E-state index contributed by atoms with van der Waals surface area (Å²) in [4.78, 5) is 14.5. The third-order valence-corrected chi connectivity index (χ3v) is 7.70. The average Bonchev–Trinajstić information content (AvgIpc) is 3.63. The average molecular weight is 569 g/mol. The van der Waals surface area contributed by atoms with Crippen LogP contribution in [0.4, 0.5) is 34.1 Å². The molecule has 6 aromatic rings. The molecule has 0 atom stereocenters. The van der Waals surface area contributed by atoms with Crippen LogP contribution >= 0.6 is 0 Å². The van der Waals surface area contributed by atoms with Gasteiger partial charge in [-0.3, -0.25) is 9.80 Å². The summed E-state index contributed by atoms with van der Waals surface area (Å²) in [6.07, 6.45) is 4.17. The molecule has 0 fully saturated rings. The first kappa shape index (κ1) is 25.6. The number of benzene rings is 4. The van der Waals surface area contributed by atoms with Crippen molar-refractivity contribution in [1.82, 2.24) is 9.97 Å². The molecule has 2 aromatic heterocycles. The Morgan fingerprint density at radius 1 is 0.409 bits per heavy atom. The Morgan fingerprint density at radius 2 is 0.818 bits per heavy atom. The molecule has 210 valence electrons. The zero-order chi connectivity index (χ0) is 29.3. The fraction of sp³-hybridized carbons (Fsp3) is 0. The van der Waals surface area contributed by atoms with Gasteiger partial charge in [-0.25, -0.2) is 9.97 Å². The number of hydrogen-bond acceptors (Lipinski definition) is 6. The van der Waals surface area contributed by atoms with Gasteiger partial charge in [0.15, 0.2) is 0 Å². The first-order valence-electron chi connectivity index (χ1n) is 14.6. The summed E-state index contributed by atoms with van der Waals surface area (Å²) in [6.45, 7) is 0. The summed E-state index contributed by atoms with van der Waals surface area (Å²) in [6, 6.07) is 49.5. The van der Waals surface area contributed by atoms with Crippen molar-refractivity contribution in [1.29, 1.82) is 0 Å². The highest BCUT2D eigenvalue weighted by atomic mass is 15.3. The van der Waals surface area contributed by atoms with Crippen molar-refractivity contribution >= 4 is 46.3 Å². The third kappa shape index (κ3) is 4.74. The van der Waals surface area contributed by atoms with E-state index in [9.17, 15) is 0 Å². The van der Waals surface area contributed by atoms with Crippen molar-refractivity contribution in [3.8, 4) is 11.4 Å². The number of pyridine rings is 2. The normalized spacial score (nSPS) is 15.2. The Hall–Kier alpha value is -6.14. The molecule has 6 heteroatoms. The highest BCUT2D eigenvalue weighted by molar-refractivity contribution is 5.91. The van der Waals surface area contributed by atoms with E-state index in [1.54, 1.807) is 0 Å². The van der Waals surface area contributed by atoms with Gasteiger partial charge in [-0.05, 0) is 72.8 Å². The zero-order valence-electron chi connectivity index (χ0n) is 23.8. The number of nitrogens with zero attached hydrogens (tertiary/aromatic N) is 4. The molecule has 4 aromatic carbocycles. The summed E-state index contributed by atoms with van der Waals surface area (Å²) in [5, 5.41) is 7.15. The predicted molar refractivity (Wildman–Crippen MR) is 181 cm³/mol. The van der Waals surface area contributed by atoms with Crippen LogP contribution in [0, 0.1) is 0 Å². The zero-order valence-corrected chi connectivity index (χ0v) is 23.8. The lowest BCUT2D eigenvalue weighted by atomic mass is 10.2. The van der Waals surface area contributed by atoms with Crippen molar-refractivity contribution < 1.29 is 0 Å². The number of aromatic nitrogens is 2. The van der Waals surface area contributed by atoms with Crippen LogP contribution in [-0.2, 0) is 0 Å². The van der Waals surface area contributed by atoms with E-state index in [4.69, 9.17) is 9.97 Å². The maximum Gasteiger partial charge on any atom is 0.117 e. The van der Waals surface area contributed by atoms with Crippen molar-refractivity contribution in [2.75, 3.05) is 20.4 Å². The highest BCUT2D eigenvalue weighted by Gasteiger charge is 2.26. The van der Waals surface area contributed by atoms with Gasteiger partial charge < -0.3 is 10.6 Å². The van der Waals surface area contributed by atoms with E-state index in [0.717, 1.165) is 68.5 Å². The molecule has 2 aliphatic heterocycles. The minimum Gasteiger partial charge on any atom is -0.340 e. The Bertz CT molecular complexity index is 1890. The predicted octanol–water partition coefficient (Wildman–Crippen LogP) is 9.27. The maximum atomic E-state index is 5.01. The van der Waals surface area contributed by atoms with Crippen LogP contribution in [-0.4, -0.2) is 9.97 Å². The van der Waals surface area contributed by atoms with Crippen molar-refractivity contribution in [2.45, 2.75) is 0 Å². The van der Waals surface area contributed by atoms with Gasteiger partial charge in [-0.1, -0.05) is 72.8 Å². The lowest BCUT2D eigenvalue weighted by molar-refractivity contribution is 1.19. The molecule has 6 nitrogen and oxygen atoms in total. The Kier molecular flexibility index (Phi) is 6.35. The van der Waals surface area contributed by atoms with E-state index in [2.05, 4.69) is 118 Å². The van der Waals surface area contributed by atoms with Gasteiger partial charge in [0.2, 0.25) is 0 Å². The second-order valence-corrected chi connectivity index (χ2v) is 10.6. The summed E-state index contributed by atoms with van der Waals surface area (Å²) in [7, 11) is 0. The molecule has 44 heavy (non-hydrogen) atoms. The molecule has 2 aliphatic rings. The second-order valence-electron chi connectivity index (χ2n) is 10.6. The number of para-hydroxylation sites is 6. The number of fused-ring (bicyclic) bond motifs is 2. The molecule has 2 N–H and O–H groups in total. The molecule has 8 rings (SSSR count). The van der Waals surface area contributed by atoms with Crippen LogP contribution in [0.2, 0.25) is 0 Å². The monoisotopic (exact) mass is 568 g/mol. The Labute approximate surface area is 256 Å². The Balaban J connectivity index is 1.13. The minimum atomic E-state index is 0.809. The molecule has 0 bridgehead atoms. The molecular formula is C38H28N6. The van der Waals surface area contributed by atoms with E-state index >= 15 is 0 Å². The largest absolute Gasteiger partial charge is 0.340 e. The first-order chi connectivity index (χ1) is 21.8. The second kappa shape index (κ2) is 10.9. The topological polar surface area (TPSA) is 56.3 Å². The fourth-order valence-electron chi connectivity index (χ4n) is 5.74. The van der Waals surface area contributed by atoms with E-state index in [1.807, 2.05) is 60.7 Å². The van der Waals surface area contributed by atoms with Gasteiger partial charge in [0.25, 0.3) is 0 Å². The van der Waals surface area contributed by atoms with Crippen molar-refractivity contribution in [3.05, 3.63) is 169 Å². The summed E-state index contributed by atoms with van der Waals surface area (Å²) in [5.74, 6) is 1.89. The maximum absolute atomic E-state index is 5.01. The summed E-state index contributed by atoms with van der Waals surface area (Å²) >= 11 is 0. The molecule has 0 saturated heterocycles. The van der Waals surface area contributed by atoms with Crippen molar-refractivity contribution in [2.24, 2.45) is 0 Å². The van der Waals surface area contributed by atoms with Crippen LogP contribution in [0.5, 0.6) is 0 Å². The number of rotatable bonds is 5. The molecule has 0 aliphatic carbocycles. The molecule has 0 radical (unpaired) electrons. The summed E-state index contributed by atoms with van der Waals surface area (Å²) < 4.78 is 0. The van der Waals surface area contributed by atoms with Gasteiger partial charge >= 0.3 is 0 Å². The van der Waals surface area contributed by atoms with Gasteiger partial charge in [-0.2, -0.15) is 0 Å². The first-order valence-corrected chi connectivity index (χ1v) is 14.6. The molecule has 0 spiro atoms. The molecule has 4 heterocycles. The number of anilines is 6. The van der Waals surface area contributed by atoms with Gasteiger partial charge in [0.05, 0.1) is 45.5 Å². The van der Waals surface area contributed by atoms with Crippen LogP contribution in [0.3, 0.4) is 0 Å². The van der Waals surface area contributed by atoms with E-state index in [-0.39, 0.29) is 0 Å². The quantitative estimate of drug-likeness (QED) is 0.216. The standard InChI is InChI=1S/C38H28N6/c1-3-15-29(16-4-1)43-35-23-9-7-19-33(35)41-37(43)25-27-13-11-21-31(39-27)32-22-12-14-28(40-32)26-38-42-34-20-8-10-24-36(34)44(38)30-17-5-2-6-18-30/h1-26,41-42H/b37-25+,38-26?. The van der Waals surface area contributed by atoms with Crippen LogP contribution in [0.25, 0.3) is 23.5 Å². The van der Waals surface area contributed by atoms with Crippen LogP contribution in [0.1, 0.15) is 11.4 Å². The smallest absolute Gasteiger partial charge is 0.117 e. The van der Waals surface area contributed by atoms with E-state index < -0.39 is 0 Å². The summed E-state index contributed by atoms with van der Waals surface area (Å²) in [5.41, 5.74) is 9.81. The molecule has 0 amide bonds. The van der Waals surface area contributed by atoms with Gasteiger partial charge in [-0.15, -0.1) is 0 Å². The fourth-order valence-corrected chi connectivity index (χ4v) is 5.74. The number of nitrogens with one attached hydrogen (secondary N) is 2. The molecule has 0 unspecified atom stereocenters. The van der Waals surface area contributed by atoms with Crippen LogP contribution in [0.15, 0.2) is 157 Å². The lowest BCUT2D eigenvalue weighted by Gasteiger charge is -2.20. The molecule has 0 saturated carbocycles. The van der Waals surface area contributed by atoms with Gasteiger partial charge in [0, 0.05) is 23.5 Å². The van der Waals surface area contributed by atoms with Gasteiger partial charge in [0.1, 0.15) is 11.6 Å². The molecular weight excluding hydrogens is 540 g/mol. The highest BCUT2D eigenvalue weighted by Crippen LogP contribution is 2.43. The SMILES string of the molecule is C(=C1Nc2ccccc2N1c1ccccc1)c1cccc(-c2cccc(/C=C3\Nc4ccccc4N3c3ccccc3)n2)n1. The van der Waals surface area contributed by atoms with Crippen molar-refractivity contribution in [3.63, 3.8) is 0 Å².